The first-order valence-electron chi connectivity index (χ1n) is 6.86. The Labute approximate surface area is 118 Å². The van der Waals surface area contributed by atoms with Crippen molar-refractivity contribution in [2.75, 3.05) is 19.8 Å². The molecule has 1 N–H and O–H groups in total. The average molecular weight is 312 g/mol. The number of halogens is 1. The van der Waals surface area contributed by atoms with Crippen LogP contribution in [0.15, 0.2) is 28.7 Å². The molecule has 18 heavy (non-hydrogen) atoms. The maximum atomic E-state index is 5.44. The Morgan fingerprint density at radius 2 is 1.94 bits per heavy atom. The highest BCUT2D eigenvalue weighted by Gasteiger charge is 2.19. The van der Waals surface area contributed by atoms with Gasteiger partial charge in [-0.3, -0.25) is 0 Å². The van der Waals surface area contributed by atoms with Crippen molar-refractivity contribution in [3.63, 3.8) is 0 Å². The molecule has 1 aliphatic rings. The largest absolute Gasteiger partial charge is 0.381 e. The number of rotatable bonds is 5. The molecule has 1 saturated heterocycles. The number of hydrogen-bond donors (Lipinski definition) is 1. The molecule has 1 atom stereocenters. The lowest BCUT2D eigenvalue weighted by Gasteiger charge is -2.27. The number of hydrogen-bond acceptors (Lipinski definition) is 2. The maximum absolute atomic E-state index is 5.44. The Balaban J connectivity index is 2.00. The van der Waals surface area contributed by atoms with Gasteiger partial charge in [-0.2, -0.15) is 0 Å². The molecular formula is C15H22BrNO. The lowest BCUT2D eigenvalue weighted by molar-refractivity contribution is 0.0606. The summed E-state index contributed by atoms with van der Waals surface area (Å²) in [7, 11) is 0. The van der Waals surface area contributed by atoms with Gasteiger partial charge >= 0.3 is 0 Å². The molecule has 1 heterocycles. The van der Waals surface area contributed by atoms with E-state index in [0.29, 0.717) is 6.04 Å². The quantitative estimate of drug-likeness (QED) is 0.890. The molecule has 2 nitrogen and oxygen atoms in total. The van der Waals surface area contributed by atoms with Crippen molar-refractivity contribution in [1.29, 1.82) is 0 Å². The first-order valence-corrected chi connectivity index (χ1v) is 7.65. The SMILES string of the molecule is CCNC(CC1CCOCC1)c1ccc(Br)cc1. The molecule has 1 unspecified atom stereocenters. The molecule has 0 saturated carbocycles. The Hall–Kier alpha value is -0.380. The number of ether oxygens (including phenoxy) is 1. The molecule has 0 radical (unpaired) electrons. The van der Waals surface area contributed by atoms with Gasteiger partial charge in [0, 0.05) is 23.7 Å². The van der Waals surface area contributed by atoms with Crippen LogP contribution in [0.2, 0.25) is 0 Å². The highest BCUT2D eigenvalue weighted by atomic mass is 79.9. The van der Waals surface area contributed by atoms with Crippen molar-refractivity contribution in [1.82, 2.24) is 5.32 Å². The van der Waals surface area contributed by atoms with E-state index in [0.717, 1.165) is 30.1 Å². The first-order chi connectivity index (χ1) is 8.79. The summed E-state index contributed by atoms with van der Waals surface area (Å²) in [4.78, 5) is 0. The highest BCUT2D eigenvalue weighted by molar-refractivity contribution is 9.10. The van der Waals surface area contributed by atoms with Crippen molar-refractivity contribution in [3.05, 3.63) is 34.3 Å². The molecule has 0 aromatic heterocycles. The van der Waals surface area contributed by atoms with Crippen LogP contribution in [0, 0.1) is 5.92 Å². The molecule has 0 spiro atoms. The Bertz CT molecular complexity index is 346. The third kappa shape index (κ3) is 4.08. The van der Waals surface area contributed by atoms with Crippen molar-refractivity contribution in [3.8, 4) is 0 Å². The van der Waals surface area contributed by atoms with E-state index in [9.17, 15) is 0 Å². The van der Waals surface area contributed by atoms with Crippen LogP contribution in [0.5, 0.6) is 0 Å². The van der Waals surface area contributed by atoms with Crippen LogP contribution in [-0.2, 0) is 4.74 Å². The van der Waals surface area contributed by atoms with Crippen LogP contribution in [0.25, 0.3) is 0 Å². The third-order valence-electron chi connectivity index (χ3n) is 3.63. The van der Waals surface area contributed by atoms with E-state index in [1.54, 1.807) is 0 Å². The van der Waals surface area contributed by atoms with Gasteiger partial charge < -0.3 is 10.1 Å². The molecule has 1 aromatic carbocycles. The normalized spacial score (nSPS) is 18.8. The first kappa shape index (κ1) is 14.0. The number of nitrogens with one attached hydrogen (secondary N) is 1. The molecule has 2 rings (SSSR count). The Morgan fingerprint density at radius 3 is 2.56 bits per heavy atom. The second kappa shape index (κ2) is 7.27. The molecule has 1 aromatic rings. The minimum Gasteiger partial charge on any atom is -0.381 e. The maximum Gasteiger partial charge on any atom is 0.0468 e. The van der Waals surface area contributed by atoms with Crippen LogP contribution in [-0.4, -0.2) is 19.8 Å². The molecule has 1 fully saturated rings. The lowest BCUT2D eigenvalue weighted by atomic mass is 9.89. The zero-order valence-corrected chi connectivity index (χ0v) is 12.6. The highest BCUT2D eigenvalue weighted by Crippen LogP contribution is 2.28. The summed E-state index contributed by atoms with van der Waals surface area (Å²) >= 11 is 3.50. The van der Waals surface area contributed by atoms with Crippen molar-refractivity contribution >= 4 is 15.9 Å². The zero-order chi connectivity index (χ0) is 12.8. The van der Waals surface area contributed by atoms with Gasteiger partial charge in [-0.05, 0) is 49.4 Å². The van der Waals surface area contributed by atoms with Crippen molar-refractivity contribution < 1.29 is 4.74 Å². The monoisotopic (exact) mass is 311 g/mol. The molecule has 0 amide bonds. The van der Waals surface area contributed by atoms with E-state index in [2.05, 4.69) is 52.4 Å². The molecule has 0 aliphatic carbocycles. The fourth-order valence-corrected chi connectivity index (χ4v) is 2.86. The lowest BCUT2D eigenvalue weighted by Crippen LogP contribution is -2.26. The van der Waals surface area contributed by atoms with Crippen LogP contribution in [0.4, 0.5) is 0 Å². The van der Waals surface area contributed by atoms with Crippen molar-refractivity contribution in [2.45, 2.75) is 32.2 Å². The van der Waals surface area contributed by atoms with Crippen LogP contribution < -0.4 is 5.32 Å². The third-order valence-corrected chi connectivity index (χ3v) is 4.16. The van der Waals surface area contributed by atoms with Gasteiger partial charge in [-0.1, -0.05) is 35.0 Å². The van der Waals surface area contributed by atoms with Gasteiger partial charge in [-0.25, -0.2) is 0 Å². The molecule has 1 aliphatic heterocycles. The summed E-state index contributed by atoms with van der Waals surface area (Å²) in [6.45, 7) is 5.06. The van der Waals surface area contributed by atoms with Gasteiger partial charge in [-0.15, -0.1) is 0 Å². The van der Waals surface area contributed by atoms with Gasteiger partial charge in [0.25, 0.3) is 0 Å². The van der Waals surface area contributed by atoms with Crippen LogP contribution in [0.1, 0.15) is 37.8 Å². The summed E-state index contributed by atoms with van der Waals surface area (Å²) in [5, 5.41) is 3.61. The summed E-state index contributed by atoms with van der Waals surface area (Å²) in [5.74, 6) is 0.798. The standard InChI is InChI=1S/C15H22BrNO/c1-2-17-15(11-12-7-9-18-10-8-12)13-3-5-14(16)6-4-13/h3-6,12,15,17H,2,7-11H2,1H3. The average Bonchev–Trinajstić information content (AvgIpc) is 2.40. The van der Waals surface area contributed by atoms with E-state index in [1.165, 1.54) is 24.8 Å². The summed E-state index contributed by atoms with van der Waals surface area (Å²) in [6, 6.07) is 9.17. The number of benzene rings is 1. The molecule has 100 valence electrons. The van der Waals surface area contributed by atoms with E-state index in [-0.39, 0.29) is 0 Å². The van der Waals surface area contributed by atoms with Crippen molar-refractivity contribution in [2.24, 2.45) is 5.92 Å². The predicted octanol–water partition coefficient (Wildman–Crippen LogP) is 3.92. The summed E-state index contributed by atoms with van der Waals surface area (Å²) in [6.07, 6.45) is 3.63. The summed E-state index contributed by atoms with van der Waals surface area (Å²) in [5.41, 5.74) is 1.39. The smallest absolute Gasteiger partial charge is 0.0468 e. The molecular weight excluding hydrogens is 290 g/mol. The summed E-state index contributed by atoms with van der Waals surface area (Å²) < 4.78 is 6.58. The van der Waals surface area contributed by atoms with Gasteiger partial charge in [0.2, 0.25) is 0 Å². The Kier molecular flexibility index (Phi) is 5.67. The second-order valence-corrected chi connectivity index (χ2v) is 5.87. The predicted molar refractivity (Wildman–Crippen MR) is 78.7 cm³/mol. The van der Waals surface area contributed by atoms with E-state index in [1.807, 2.05) is 0 Å². The zero-order valence-electron chi connectivity index (χ0n) is 11.0. The topological polar surface area (TPSA) is 21.3 Å². The fourth-order valence-electron chi connectivity index (χ4n) is 2.59. The van der Waals surface area contributed by atoms with E-state index < -0.39 is 0 Å². The van der Waals surface area contributed by atoms with Crippen LogP contribution >= 0.6 is 15.9 Å². The van der Waals surface area contributed by atoms with E-state index >= 15 is 0 Å². The minimum atomic E-state index is 0.478. The fraction of sp³-hybridized carbons (Fsp3) is 0.600. The second-order valence-electron chi connectivity index (χ2n) is 4.95. The molecule has 3 heteroatoms. The van der Waals surface area contributed by atoms with Gasteiger partial charge in [0.1, 0.15) is 0 Å². The Morgan fingerprint density at radius 1 is 1.28 bits per heavy atom. The van der Waals surface area contributed by atoms with Gasteiger partial charge in [0.15, 0.2) is 0 Å². The minimum absolute atomic E-state index is 0.478. The molecule has 0 bridgehead atoms. The van der Waals surface area contributed by atoms with E-state index in [4.69, 9.17) is 4.74 Å². The van der Waals surface area contributed by atoms with Crippen LogP contribution in [0.3, 0.4) is 0 Å². The van der Waals surface area contributed by atoms with Gasteiger partial charge in [0.05, 0.1) is 0 Å².